The summed E-state index contributed by atoms with van der Waals surface area (Å²) in [6, 6.07) is 9.46. The van der Waals surface area contributed by atoms with E-state index in [4.69, 9.17) is 16.3 Å². The van der Waals surface area contributed by atoms with Crippen molar-refractivity contribution < 1.29 is 17.9 Å². The number of hydrogen-bond donors (Lipinski definition) is 0. The summed E-state index contributed by atoms with van der Waals surface area (Å²) in [5.41, 5.74) is 2.04. The summed E-state index contributed by atoms with van der Waals surface area (Å²) in [7, 11) is -0.966. The number of benzene rings is 2. The normalized spacial score (nSPS) is 11.6. The van der Waals surface area contributed by atoms with Crippen LogP contribution >= 0.6 is 11.6 Å². The second kappa shape index (κ2) is 6.93. The van der Waals surface area contributed by atoms with Crippen LogP contribution in [0.25, 0.3) is 0 Å². The lowest BCUT2D eigenvalue weighted by Gasteiger charge is -2.13. The third-order valence-corrected chi connectivity index (χ3v) is 5.63. The fourth-order valence-corrected chi connectivity index (χ4v) is 3.58. The molecule has 0 aliphatic heterocycles. The molecule has 7 heteroatoms. The molecule has 0 fully saturated rings. The number of sulfonamides is 1. The van der Waals surface area contributed by atoms with E-state index in [2.05, 4.69) is 0 Å². The summed E-state index contributed by atoms with van der Waals surface area (Å²) in [6.07, 6.45) is 0. The first-order valence-corrected chi connectivity index (χ1v) is 8.95. The monoisotopic (exact) mass is 367 g/mol. The van der Waals surface area contributed by atoms with Gasteiger partial charge in [-0.15, -0.1) is 0 Å². The first-order chi connectivity index (χ1) is 11.1. The highest BCUT2D eigenvalue weighted by atomic mass is 35.5. The number of esters is 1. The van der Waals surface area contributed by atoms with Gasteiger partial charge in [-0.3, -0.25) is 0 Å². The van der Waals surface area contributed by atoms with Crippen molar-refractivity contribution >= 4 is 27.6 Å². The minimum Gasteiger partial charge on any atom is -0.423 e. The molecule has 0 saturated heterocycles. The van der Waals surface area contributed by atoms with Crippen molar-refractivity contribution in [1.82, 2.24) is 4.31 Å². The van der Waals surface area contributed by atoms with Gasteiger partial charge in [0, 0.05) is 14.1 Å². The first kappa shape index (κ1) is 18.4. The molecule has 24 heavy (non-hydrogen) atoms. The lowest BCUT2D eigenvalue weighted by molar-refractivity contribution is 0.0734. The van der Waals surface area contributed by atoms with Crippen molar-refractivity contribution in [3.8, 4) is 5.75 Å². The molecule has 2 rings (SSSR count). The molecule has 0 N–H and O–H groups in total. The van der Waals surface area contributed by atoms with E-state index in [9.17, 15) is 13.2 Å². The predicted molar refractivity (Wildman–Crippen MR) is 93.2 cm³/mol. The largest absolute Gasteiger partial charge is 0.423 e. The molecule has 0 heterocycles. The van der Waals surface area contributed by atoms with Gasteiger partial charge in [-0.05, 0) is 55.3 Å². The number of carbonyl (C=O) groups is 1. The number of aryl methyl sites for hydroxylation is 2. The fourth-order valence-electron chi connectivity index (χ4n) is 2.18. The Morgan fingerprint density at radius 3 is 2.17 bits per heavy atom. The van der Waals surface area contributed by atoms with Crippen LogP contribution in [0.2, 0.25) is 5.02 Å². The van der Waals surface area contributed by atoms with Crippen LogP contribution in [-0.4, -0.2) is 32.8 Å². The third-order valence-electron chi connectivity index (χ3n) is 3.33. The molecule has 0 spiro atoms. The zero-order valence-electron chi connectivity index (χ0n) is 13.8. The molecule has 0 amide bonds. The second-order valence-electron chi connectivity index (χ2n) is 5.65. The van der Waals surface area contributed by atoms with Gasteiger partial charge in [0.15, 0.2) is 0 Å². The molecule has 0 aliphatic carbocycles. The van der Waals surface area contributed by atoms with Crippen molar-refractivity contribution in [2.45, 2.75) is 18.7 Å². The maximum Gasteiger partial charge on any atom is 0.343 e. The van der Waals surface area contributed by atoms with E-state index < -0.39 is 16.0 Å². The van der Waals surface area contributed by atoms with E-state index in [0.717, 1.165) is 15.4 Å². The van der Waals surface area contributed by atoms with Crippen LogP contribution in [0.4, 0.5) is 0 Å². The average Bonchev–Trinajstić information content (AvgIpc) is 2.46. The standard InChI is InChI=1S/C17H18ClNO4S/c1-11-7-12(2)9-14(8-11)23-17(20)13-5-6-15(18)16(10-13)24(21,22)19(3)4/h5-10H,1-4H3. The van der Waals surface area contributed by atoms with Crippen LogP contribution in [0, 0.1) is 13.8 Å². The maximum absolute atomic E-state index is 12.3. The van der Waals surface area contributed by atoms with Gasteiger partial charge in [-0.25, -0.2) is 17.5 Å². The van der Waals surface area contributed by atoms with Gasteiger partial charge in [0.05, 0.1) is 10.6 Å². The quantitative estimate of drug-likeness (QED) is 0.613. The summed E-state index contributed by atoms with van der Waals surface area (Å²) >= 11 is 5.97. The Balaban J connectivity index is 2.37. The molecule has 0 bridgehead atoms. The highest BCUT2D eigenvalue weighted by Crippen LogP contribution is 2.26. The van der Waals surface area contributed by atoms with Crippen molar-refractivity contribution in [1.29, 1.82) is 0 Å². The minimum absolute atomic E-state index is 0.0478. The smallest absolute Gasteiger partial charge is 0.343 e. The molecule has 0 saturated carbocycles. The van der Waals surface area contributed by atoms with Crippen molar-refractivity contribution in [2.24, 2.45) is 0 Å². The van der Waals surface area contributed by atoms with Gasteiger partial charge in [0.2, 0.25) is 10.0 Å². The van der Waals surface area contributed by atoms with Crippen LogP contribution in [0.1, 0.15) is 21.5 Å². The summed E-state index contributed by atoms with van der Waals surface area (Å²) < 4.78 is 30.9. The molecule has 128 valence electrons. The Kier molecular flexibility index (Phi) is 5.32. The molecular formula is C17H18ClNO4S. The number of carbonyl (C=O) groups excluding carboxylic acids is 1. The van der Waals surface area contributed by atoms with E-state index in [1.807, 2.05) is 19.9 Å². The first-order valence-electron chi connectivity index (χ1n) is 7.14. The lowest BCUT2D eigenvalue weighted by Crippen LogP contribution is -2.23. The van der Waals surface area contributed by atoms with Crippen molar-refractivity contribution in [3.63, 3.8) is 0 Å². The van der Waals surface area contributed by atoms with Crippen LogP contribution in [0.3, 0.4) is 0 Å². The topological polar surface area (TPSA) is 63.7 Å². The van der Waals surface area contributed by atoms with Crippen LogP contribution < -0.4 is 4.74 Å². The van der Waals surface area contributed by atoms with Crippen LogP contribution in [-0.2, 0) is 10.0 Å². The highest BCUT2D eigenvalue weighted by Gasteiger charge is 2.23. The summed E-state index contributed by atoms with van der Waals surface area (Å²) in [5, 5.41) is 0.0478. The maximum atomic E-state index is 12.3. The predicted octanol–water partition coefficient (Wildman–Crippen LogP) is 3.43. The zero-order valence-corrected chi connectivity index (χ0v) is 15.4. The summed E-state index contributed by atoms with van der Waals surface area (Å²) in [6.45, 7) is 3.79. The third kappa shape index (κ3) is 3.95. The van der Waals surface area contributed by atoms with Gasteiger partial charge >= 0.3 is 5.97 Å². The average molecular weight is 368 g/mol. The van der Waals surface area contributed by atoms with Crippen molar-refractivity contribution in [3.05, 3.63) is 58.1 Å². The van der Waals surface area contributed by atoms with Gasteiger partial charge in [-0.2, -0.15) is 0 Å². The van der Waals surface area contributed by atoms with E-state index in [1.54, 1.807) is 12.1 Å². The minimum atomic E-state index is -3.76. The molecule has 0 aromatic heterocycles. The molecule has 0 radical (unpaired) electrons. The molecule has 0 unspecified atom stereocenters. The van der Waals surface area contributed by atoms with E-state index in [0.29, 0.717) is 5.75 Å². The SMILES string of the molecule is Cc1cc(C)cc(OC(=O)c2ccc(Cl)c(S(=O)(=O)N(C)C)c2)c1. The molecule has 2 aromatic carbocycles. The molecule has 5 nitrogen and oxygen atoms in total. The summed E-state index contributed by atoms with van der Waals surface area (Å²) in [4.78, 5) is 12.2. The zero-order chi connectivity index (χ0) is 18.1. The Morgan fingerprint density at radius 1 is 1.04 bits per heavy atom. The second-order valence-corrected chi connectivity index (χ2v) is 8.17. The fraction of sp³-hybridized carbons (Fsp3) is 0.235. The molecule has 0 atom stereocenters. The van der Waals surface area contributed by atoms with Gasteiger partial charge in [0.1, 0.15) is 10.6 Å². The lowest BCUT2D eigenvalue weighted by atomic mass is 10.1. The number of rotatable bonds is 4. The Bertz CT molecular complexity index is 871. The van der Waals surface area contributed by atoms with E-state index in [1.165, 1.54) is 32.3 Å². The van der Waals surface area contributed by atoms with Gasteiger partial charge in [-0.1, -0.05) is 17.7 Å². The van der Waals surface area contributed by atoms with Crippen LogP contribution in [0.5, 0.6) is 5.75 Å². The molecule has 0 aliphatic rings. The molecular weight excluding hydrogens is 350 g/mol. The van der Waals surface area contributed by atoms with Crippen LogP contribution in [0.15, 0.2) is 41.3 Å². The summed E-state index contributed by atoms with van der Waals surface area (Å²) in [5.74, 6) is -0.240. The number of hydrogen-bond acceptors (Lipinski definition) is 4. The van der Waals surface area contributed by atoms with E-state index >= 15 is 0 Å². The Morgan fingerprint density at radius 2 is 1.62 bits per heavy atom. The Hall–Kier alpha value is -1.89. The highest BCUT2D eigenvalue weighted by molar-refractivity contribution is 7.89. The van der Waals surface area contributed by atoms with Crippen molar-refractivity contribution in [2.75, 3.05) is 14.1 Å². The number of halogens is 1. The van der Waals surface area contributed by atoms with E-state index in [-0.39, 0.29) is 15.5 Å². The Labute approximate surface area is 146 Å². The number of ether oxygens (including phenoxy) is 1. The van der Waals surface area contributed by atoms with Gasteiger partial charge < -0.3 is 4.74 Å². The molecule has 2 aromatic rings. The number of nitrogens with zero attached hydrogens (tertiary/aromatic N) is 1. The van der Waals surface area contributed by atoms with Gasteiger partial charge in [0.25, 0.3) is 0 Å².